The molecule has 1 N–H and O–H groups in total. The van der Waals surface area contributed by atoms with Crippen molar-refractivity contribution in [1.29, 1.82) is 0 Å². The van der Waals surface area contributed by atoms with Crippen molar-refractivity contribution >= 4 is 17.2 Å². The van der Waals surface area contributed by atoms with Crippen LogP contribution in [0.1, 0.15) is 24.4 Å². The summed E-state index contributed by atoms with van der Waals surface area (Å²) >= 11 is 1.44. The second-order valence-corrected chi connectivity index (χ2v) is 6.87. The fourth-order valence-corrected chi connectivity index (χ4v) is 3.56. The highest BCUT2D eigenvalue weighted by molar-refractivity contribution is 7.13. The van der Waals surface area contributed by atoms with Crippen molar-refractivity contribution in [3.63, 3.8) is 0 Å². The Morgan fingerprint density at radius 1 is 1.31 bits per heavy atom. The molecule has 8 heteroatoms. The highest BCUT2D eigenvalue weighted by Crippen LogP contribution is 2.31. The lowest BCUT2D eigenvalue weighted by molar-refractivity contribution is -0.122. The molecule has 1 atom stereocenters. The first kappa shape index (κ1) is 16.6. The SMILES string of the molecule is O=C(CCn1nc(-c2cccs2)oc1=O)N[C@@H]1CCOc2ccccc21. The van der Waals surface area contributed by atoms with Gasteiger partial charge in [-0.1, -0.05) is 24.3 Å². The van der Waals surface area contributed by atoms with Gasteiger partial charge >= 0.3 is 5.76 Å². The van der Waals surface area contributed by atoms with E-state index in [0.29, 0.717) is 6.61 Å². The van der Waals surface area contributed by atoms with Gasteiger partial charge in [-0.3, -0.25) is 4.79 Å². The maximum atomic E-state index is 12.3. The number of carbonyl (C=O) groups is 1. The molecule has 1 aliphatic heterocycles. The molecule has 0 saturated carbocycles. The Kier molecular flexibility index (Phi) is 4.57. The molecule has 3 aromatic rings. The van der Waals surface area contributed by atoms with Gasteiger partial charge in [-0.15, -0.1) is 16.4 Å². The molecule has 2 aromatic heterocycles. The van der Waals surface area contributed by atoms with E-state index in [1.165, 1.54) is 16.0 Å². The number of hydrogen-bond acceptors (Lipinski definition) is 6. The Morgan fingerprint density at radius 3 is 3.04 bits per heavy atom. The number of thiophene rings is 1. The van der Waals surface area contributed by atoms with Crippen molar-refractivity contribution in [1.82, 2.24) is 15.1 Å². The summed E-state index contributed by atoms with van der Waals surface area (Å²) in [4.78, 5) is 25.0. The third-order valence-electron chi connectivity index (χ3n) is 4.18. The van der Waals surface area contributed by atoms with Crippen LogP contribution in [-0.4, -0.2) is 22.3 Å². The molecule has 1 aliphatic rings. The molecule has 0 saturated heterocycles. The van der Waals surface area contributed by atoms with Gasteiger partial charge in [-0.05, 0) is 17.5 Å². The van der Waals surface area contributed by atoms with Gasteiger partial charge in [0, 0.05) is 18.4 Å². The van der Waals surface area contributed by atoms with Crippen LogP contribution in [0.3, 0.4) is 0 Å². The number of fused-ring (bicyclic) bond motifs is 1. The lowest BCUT2D eigenvalue weighted by Crippen LogP contribution is -2.33. The summed E-state index contributed by atoms with van der Waals surface area (Å²) in [5.74, 6) is 0.387. The smallest absolute Gasteiger partial charge is 0.437 e. The Balaban J connectivity index is 1.39. The van der Waals surface area contributed by atoms with E-state index in [9.17, 15) is 9.59 Å². The Bertz CT molecular complexity index is 961. The van der Waals surface area contributed by atoms with Gasteiger partial charge in [0.05, 0.1) is 24.1 Å². The largest absolute Gasteiger partial charge is 0.493 e. The van der Waals surface area contributed by atoms with Gasteiger partial charge in [0.15, 0.2) is 0 Å². The molecule has 3 heterocycles. The summed E-state index contributed by atoms with van der Waals surface area (Å²) in [6, 6.07) is 11.3. The molecule has 0 fully saturated rings. The number of aromatic nitrogens is 2. The summed E-state index contributed by atoms with van der Waals surface area (Å²) in [6.45, 7) is 0.735. The zero-order chi connectivity index (χ0) is 17.9. The van der Waals surface area contributed by atoms with Gasteiger partial charge in [0.1, 0.15) is 5.75 Å². The van der Waals surface area contributed by atoms with Crippen LogP contribution >= 0.6 is 11.3 Å². The van der Waals surface area contributed by atoms with Gasteiger partial charge in [-0.2, -0.15) is 4.68 Å². The second kappa shape index (κ2) is 7.17. The predicted octanol–water partition coefficient (Wildman–Crippen LogP) is 2.59. The standard InChI is InChI=1S/C18H17N3O4S/c22-16(19-13-8-10-24-14-5-2-1-4-12(13)14)7-9-21-18(23)25-17(20-21)15-6-3-11-26-15/h1-6,11,13H,7-10H2,(H,19,22)/t13-/m1/s1. The molecule has 0 unspecified atom stereocenters. The van der Waals surface area contributed by atoms with Crippen LogP contribution < -0.4 is 15.8 Å². The molecule has 0 aliphatic carbocycles. The third-order valence-corrected chi connectivity index (χ3v) is 5.04. The van der Waals surface area contributed by atoms with Crippen molar-refractivity contribution in [3.8, 4) is 16.5 Å². The maximum absolute atomic E-state index is 12.3. The van der Waals surface area contributed by atoms with E-state index in [1.54, 1.807) is 0 Å². The molecule has 1 amide bonds. The van der Waals surface area contributed by atoms with Gasteiger partial charge < -0.3 is 14.5 Å². The first-order chi connectivity index (χ1) is 12.7. The van der Waals surface area contributed by atoms with E-state index in [2.05, 4.69) is 10.4 Å². The first-order valence-electron chi connectivity index (χ1n) is 8.33. The van der Waals surface area contributed by atoms with Gasteiger partial charge in [0.2, 0.25) is 5.91 Å². The second-order valence-electron chi connectivity index (χ2n) is 5.92. The first-order valence-corrected chi connectivity index (χ1v) is 9.21. The van der Waals surface area contributed by atoms with Crippen molar-refractivity contribution in [2.45, 2.75) is 25.4 Å². The van der Waals surface area contributed by atoms with Crippen LogP contribution in [0.25, 0.3) is 10.8 Å². The molecular weight excluding hydrogens is 354 g/mol. The number of benzene rings is 1. The number of carbonyl (C=O) groups excluding carboxylic acids is 1. The maximum Gasteiger partial charge on any atom is 0.437 e. The van der Waals surface area contributed by atoms with Crippen LogP contribution in [0, 0.1) is 0 Å². The predicted molar refractivity (Wildman–Crippen MR) is 96.1 cm³/mol. The van der Waals surface area contributed by atoms with Gasteiger partial charge in [-0.25, -0.2) is 4.79 Å². The number of amides is 1. The monoisotopic (exact) mass is 371 g/mol. The van der Waals surface area contributed by atoms with Crippen molar-refractivity contribution in [3.05, 3.63) is 57.9 Å². The molecule has 4 rings (SSSR count). The van der Waals surface area contributed by atoms with E-state index in [1.807, 2.05) is 41.8 Å². The number of rotatable bonds is 5. The molecule has 7 nitrogen and oxygen atoms in total. The minimum atomic E-state index is -0.558. The molecule has 1 aromatic carbocycles. The number of nitrogens with zero attached hydrogens (tertiary/aromatic N) is 2. The molecule has 26 heavy (non-hydrogen) atoms. The normalized spacial score (nSPS) is 15.9. The van der Waals surface area contributed by atoms with Crippen LogP contribution in [0.5, 0.6) is 5.75 Å². The van der Waals surface area contributed by atoms with E-state index in [0.717, 1.165) is 22.6 Å². The quantitative estimate of drug-likeness (QED) is 0.745. The summed E-state index contributed by atoms with van der Waals surface area (Å²) < 4.78 is 11.9. The third kappa shape index (κ3) is 3.41. The minimum absolute atomic E-state index is 0.0804. The van der Waals surface area contributed by atoms with E-state index in [-0.39, 0.29) is 30.8 Å². The number of nitrogens with one attached hydrogen (secondary N) is 1. The summed E-state index contributed by atoms with van der Waals surface area (Å²) in [5.41, 5.74) is 0.977. The molecule has 0 radical (unpaired) electrons. The fourth-order valence-electron chi connectivity index (χ4n) is 2.91. The number of para-hydroxylation sites is 1. The Labute approximate surface area is 153 Å². The lowest BCUT2D eigenvalue weighted by atomic mass is 10.0. The molecule has 0 bridgehead atoms. The average Bonchev–Trinajstić information content (AvgIpc) is 3.30. The zero-order valence-electron chi connectivity index (χ0n) is 13.9. The Hall–Kier alpha value is -2.87. The highest BCUT2D eigenvalue weighted by Gasteiger charge is 2.22. The summed E-state index contributed by atoms with van der Waals surface area (Å²) in [6.07, 6.45) is 0.866. The van der Waals surface area contributed by atoms with Crippen LogP contribution in [0.4, 0.5) is 0 Å². The fraction of sp³-hybridized carbons (Fsp3) is 0.278. The van der Waals surface area contributed by atoms with E-state index >= 15 is 0 Å². The van der Waals surface area contributed by atoms with E-state index in [4.69, 9.17) is 9.15 Å². The molecular formula is C18H17N3O4S. The van der Waals surface area contributed by atoms with Crippen LogP contribution in [-0.2, 0) is 11.3 Å². The van der Waals surface area contributed by atoms with Gasteiger partial charge in [0.25, 0.3) is 5.89 Å². The number of aryl methyl sites for hydroxylation is 1. The summed E-state index contributed by atoms with van der Waals surface area (Å²) in [7, 11) is 0. The average molecular weight is 371 g/mol. The Morgan fingerprint density at radius 2 is 2.19 bits per heavy atom. The van der Waals surface area contributed by atoms with Crippen LogP contribution in [0.15, 0.2) is 51.0 Å². The van der Waals surface area contributed by atoms with E-state index < -0.39 is 5.76 Å². The zero-order valence-corrected chi connectivity index (χ0v) is 14.7. The van der Waals surface area contributed by atoms with Crippen molar-refractivity contribution in [2.75, 3.05) is 6.61 Å². The topological polar surface area (TPSA) is 86.4 Å². The minimum Gasteiger partial charge on any atom is -0.493 e. The number of hydrogen-bond donors (Lipinski definition) is 1. The highest BCUT2D eigenvalue weighted by atomic mass is 32.1. The molecule has 134 valence electrons. The van der Waals surface area contributed by atoms with Crippen molar-refractivity contribution in [2.24, 2.45) is 0 Å². The van der Waals surface area contributed by atoms with Crippen LogP contribution in [0.2, 0.25) is 0 Å². The molecule has 0 spiro atoms. The summed E-state index contributed by atoms with van der Waals surface area (Å²) in [5, 5.41) is 9.05. The lowest BCUT2D eigenvalue weighted by Gasteiger charge is -2.26. The van der Waals surface area contributed by atoms with Crippen molar-refractivity contribution < 1.29 is 13.9 Å². The number of ether oxygens (including phenoxy) is 1.